The Kier molecular flexibility index (Phi) is 7.44. The number of carbonyl (C=O) groups is 1. The molecule has 1 amide bonds. The van der Waals surface area contributed by atoms with E-state index in [-0.39, 0.29) is 29.7 Å². The smallest absolute Gasteiger partial charge is 0.237 e. The molecular weight excluding hydrogens is 435 g/mol. The molecule has 9 heteroatoms. The number of ether oxygens (including phenoxy) is 1. The summed E-state index contributed by atoms with van der Waals surface area (Å²) in [5.41, 5.74) is 0.872. The topological polar surface area (TPSA) is 88.5 Å². The van der Waals surface area contributed by atoms with Crippen molar-refractivity contribution in [1.82, 2.24) is 4.98 Å². The van der Waals surface area contributed by atoms with Gasteiger partial charge < -0.3 is 15.2 Å². The molecule has 0 aliphatic carbocycles. The van der Waals surface area contributed by atoms with Gasteiger partial charge in [0.2, 0.25) is 5.91 Å². The second kappa shape index (κ2) is 10.0. The van der Waals surface area contributed by atoms with E-state index in [0.29, 0.717) is 22.0 Å². The number of anilines is 1. The summed E-state index contributed by atoms with van der Waals surface area (Å²) in [5.74, 6) is 0.0110. The zero-order valence-electron chi connectivity index (χ0n) is 15.2. The molecule has 0 fully saturated rings. The molecule has 0 saturated carbocycles. The van der Waals surface area contributed by atoms with Crippen LogP contribution in [0.5, 0.6) is 5.75 Å². The highest BCUT2D eigenvalue weighted by molar-refractivity contribution is 7.85. The van der Waals surface area contributed by atoms with Crippen molar-refractivity contribution >= 4 is 56.4 Å². The fourth-order valence-electron chi connectivity index (χ4n) is 2.70. The molecule has 1 aromatic heterocycles. The van der Waals surface area contributed by atoms with Gasteiger partial charge in [0.15, 0.2) is 0 Å². The second-order valence-corrected chi connectivity index (χ2v) is 8.45. The van der Waals surface area contributed by atoms with Crippen LogP contribution in [0.15, 0.2) is 48.8 Å². The van der Waals surface area contributed by atoms with E-state index in [1.807, 2.05) is 24.3 Å². The van der Waals surface area contributed by atoms with Crippen LogP contribution in [0.3, 0.4) is 0 Å². The Morgan fingerprint density at radius 3 is 2.83 bits per heavy atom. The Balaban J connectivity index is 1.77. The average molecular weight is 453 g/mol. The molecule has 2 aromatic carbocycles. The lowest BCUT2D eigenvalue weighted by Crippen LogP contribution is -2.22. The minimum atomic E-state index is -1.44. The summed E-state index contributed by atoms with van der Waals surface area (Å²) in [5, 5.41) is 13.9. The third-order valence-corrected chi connectivity index (χ3v) is 6.09. The van der Waals surface area contributed by atoms with E-state index in [1.165, 1.54) is 0 Å². The number of hydrogen-bond donors (Lipinski definition) is 2. The van der Waals surface area contributed by atoms with Gasteiger partial charge in [-0.05, 0) is 24.3 Å². The van der Waals surface area contributed by atoms with Crippen molar-refractivity contribution in [3.8, 4) is 5.75 Å². The summed E-state index contributed by atoms with van der Waals surface area (Å²) in [6, 6.07) is 10.7. The number of aromatic nitrogens is 1. The molecule has 152 valence electrons. The molecular formula is C20H18Cl2N2O4S. The van der Waals surface area contributed by atoms with Crippen molar-refractivity contribution in [3.63, 3.8) is 0 Å². The highest BCUT2D eigenvalue weighted by atomic mass is 35.5. The maximum Gasteiger partial charge on any atom is 0.237 e. The van der Waals surface area contributed by atoms with Crippen molar-refractivity contribution in [2.45, 2.75) is 6.61 Å². The first-order valence-electron chi connectivity index (χ1n) is 8.67. The average Bonchev–Trinajstić information content (AvgIpc) is 2.70. The maximum absolute atomic E-state index is 12.1. The van der Waals surface area contributed by atoms with Crippen LogP contribution < -0.4 is 10.1 Å². The summed E-state index contributed by atoms with van der Waals surface area (Å²) < 4.78 is 17.6. The first-order chi connectivity index (χ1) is 14.0. The molecule has 1 unspecified atom stereocenters. The highest BCUT2D eigenvalue weighted by Crippen LogP contribution is 2.33. The number of aliphatic hydroxyl groups excluding tert-OH is 1. The molecule has 0 saturated heterocycles. The fourth-order valence-corrected chi connectivity index (χ4v) is 3.94. The monoisotopic (exact) mass is 452 g/mol. The van der Waals surface area contributed by atoms with Crippen LogP contribution >= 0.6 is 23.2 Å². The normalized spacial score (nSPS) is 12.0. The Bertz CT molecular complexity index is 1060. The minimum Gasteiger partial charge on any atom is -0.488 e. The summed E-state index contributed by atoms with van der Waals surface area (Å²) in [6.07, 6.45) is 3.44. The quantitative estimate of drug-likeness (QED) is 0.542. The Morgan fingerprint density at radius 1 is 1.21 bits per heavy atom. The summed E-state index contributed by atoms with van der Waals surface area (Å²) in [6.45, 7) is -0.146. The van der Waals surface area contributed by atoms with Crippen LogP contribution in [0.25, 0.3) is 10.8 Å². The standard InChI is InChI=1S/C20H18Cl2N2O4S/c21-16-4-5-17(24-19(26)12-29(27)9-8-25)20(22)15(16)11-28-18-3-1-2-13-10-23-7-6-14(13)18/h1-7,10,25H,8-9,11-12H2,(H,24,26). The molecule has 2 N–H and O–H groups in total. The van der Waals surface area contributed by atoms with Crippen molar-refractivity contribution in [2.24, 2.45) is 0 Å². The Morgan fingerprint density at radius 2 is 2.03 bits per heavy atom. The van der Waals surface area contributed by atoms with Crippen molar-refractivity contribution in [1.29, 1.82) is 0 Å². The molecule has 0 bridgehead atoms. The van der Waals surface area contributed by atoms with Gasteiger partial charge in [-0.25, -0.2) is 0 Å². The van der Waals surface area contributed by atoms with Crippen LogP contribution in [0.2, 0.25) is 10.0 Å². The second-order valence-electron chi connectivity index (χ2n) is 6.09. The lowest BCUT2D eigenvalue weighted by molar-refractivity contribution is -0.113. The molecule has 0 aliphatic heterocycles. The Labute approximate surface area is 180 Å². The van der Waals surface area contributed by atoms with Gasteiger partial charge in [-0.3, -0.25) is 14.0 Å². The summed E-state index contributed by atoms with van der Waals surface area (Å²) >= 11 is 12.7. The number of halogens is 2. The van der Waals surface area contributed by atoms with E-state index in [9.17, 15) is 9.00 Å². The SMILES string of the molecule is O=C(CS(=O)CCO)Nc1ccc(Cl)c(COc2cccc3cnccc23)c1Cl. The van der Waals surface area contributed by atoms with E-state index in [2.05, 4.69) is 10.3 Å². The molecule has 6 nitrogen and oxygen atoms in total. The Hall–Kier alpha value is -2.19. The zero-order valence-corrected chi connectivity index (χ0v) is 17.6. The maximum atomic E-state index is 12.1. The number of carbonyl (C=O) groups excluding carboxylic acids is 1. The van der Waals surface area contributed by atoms with Gasteiger partial charge in [0.1, 0.15) is 18.1 Å². The summed E-state index contributed by atoms with van der Waals surface area (Å²) in [4.78, 5) is 16.2. The molecule has 1 heterocycles. The van der Waals surface area contributed by atoms with E-state index in [1.54, 1.807) is 24.5 Å². The molecule has 3 rings (SSSR count). The van der Waals surface area contributed by atoms with E-state index in [4.69, 9.17) is 33.0 Å². The van der Waals surface area contributed by atoms with Crippen LogP contribution in [-0.2, 0) is 22.2 Å². The lowest BCUT2D eigenvalue weighted by Gasteiger charge is -2.14. The van der Waals surface area contributed by atoms with Crippen LogP contribution in [0.4, 0.5) is 5.69 Å². The number of benzene rings is 2. The predicted octanol–water partition coefficient (Wildman–Crippen LogP) is 3.80. The molecule has 0 aliphatic rings. The lowest BCUT2D eigenvalue weighted by atomic mass is 10.1. The van der Waals surface area contributed by atoms with E-state index >= 15 is 0 Å². The number of amides is 1. The number of nitrogens with one attached hydrogen (secondary N) is 1. The first kappa shape index (κ1) is 21.5. The fraction of sp³-hybridized carbons (Fsp3) is 0.200. The van der Waals surface area contributed by atoms with Gasteiger partial charge in [0, 0.05) is 50.3 Å². The molecule has 1 atom stereocenters. The highest BCUT2D eigenvalue weighted by Gasteiger charge is 2.15. The molecule has 29 heavy (non-hydrogen) atoms. The number of hydrogen-bond acceptors (Lipinski definition) is 5. The third kappa shape index (κ3) is 5.45. The number of pyridine rings is 1. The van der Waals surface area contributed by atoms with Gasteiger partial charge in [0.25, 0.3) is 0 Å². The van der Waals surface area contributed by atoms with Gasteiger partial charge in [0.05, 0.1) is 17.3 Å². The summed E-state index contributed by atoms with van der Waals surface area (Å²) in [7, 11) is -1.44. The predicted molar refractivity (Wildman–Crippen MR) is 116 cm³/mol. The van der Waals surface area contributed by atoms with Crippen LogP contribution in [0, 0.1) is 0 Å². The van der Waals surface area contributed by atoms with Gasteiger partial charge in [-0.15, -0.1) is 0 Å². The van der Waals surface area contributed by atoms with E-state index < -0.39 is 16.7 Å². The van der Waals surface area contributed by atoms with Crippen molar-refractivity contribution < 1.29 is 18.8 Å². The third-order valence-electron chi connectivity index (χ3n) is 4.08. The molecule has 0 radical (unpaired) electrons. The van der Waals surface area contributed by atoms with E-state index in [0.717, 1.165) is 10.8 Å². The number of rotatable bonds is 8. The minimum absolute atomic E-state index is 0.0431. The molecule has 0 spiro atoms. The first-order valence-corrected chi connectivity index (χ1v) is 10.9. The van der Waals surface area contributed by atoms with Gasteiger partial charge in [-0.1, -0.05) is 35.3 Å². The number of aliphatic hydroxyl groups is 1. The van der Waals surface area contributed by atoms with Crippen molar-refractivity contribution in [3.05, 3.63) is 64.4 Å². The van der Waals surface area contributed by atoms with Crippen molar-refractivity contribution in [2.75, 3.05) is 23.4 Å². The van der Waals surface area contributed by atoms with Gasteiger partial charge in [-0.2, -0.15) is 0 Å². The van der Waals surface area contributed by atoms with Crippen LogP contribution in [0.1, 0.15) is 5.56 Å². The largest absolute Gasteiger partial charge is 0.488 e. The van der Waals surface area contributed by atoms with Crippen LogP contribution in [-0.4, -0.2) is 38.3 Å². The number of fused-ring (bicyclic) bond motifs is 1. The number of nitrogens with zero attached hydrogens (tertiary/aromatic N) is 1. The zero-order chi connectivity index (χ0) is 20.8. The van der Waals surface area contributed by atoms with Gasteiger partial charge >= 0.3 is 0 Å². The molecule has 3 aromatic rings.